The van der Waals surface area contributed by atoms with Crippen molar-refractivity contribution in [3.05, 3.63) is 27.0 Å². The highest BCUT2D eigenvalue weighted by Crippen LogP contribution is 2.22. The van der Waals surface area contributed by atoms with Gasteiger partial charge in [0.15, 0.2) is 5.79 Å². The van der Waals surface area contributed by atoms with Crippen LogP contribution < -0.4 is 11.1 Å². The van der Waals surface area contributed by atoms with E-state index in [9.17, 15) is 9.59 Å². The van der Waals surface area contributed by atoms with E-state index < -0.39 is 16.9 Å². The molecule has 0 amide bonds. The first-order valence-electron chi connectivity index (χ1n) is 4.94. The van der Waals surface area contributed by atoms with Gasteiger partial charge in [-0.05, 0) is 13.8 Å². The van der Waals surface area contributed by atoms with Crippen LogP contribution in [0.4, 0.5) is 0 Å². The number of ether oxygens (including phenoxy) is 2. The number of aromatic nitrogens is 3. The average Bonchev–Trinajstić information content (AvgIpc) is 2.53. The van der Waals surface area contributed by atoms with Gasteiger partial charge in [-0.15, -0.1) is 0 Å². The molecule has 0 aromatic carbocycles. The van der Waals surface area contributed by atoms with Gasteiger partial charge in [-0.2, -0.15) is 5.10 Å². The molecule has 0 aliphatic carbocycles. The molecule has 0 bridgehead atoms. The zero-order chi connectivity index (χ0) is 11.8. The fraction of sp³-hybridized carbons (Fsp3) is 0.667. The van der Waals surface area contributed by atoms with Gasteiger partial charge < -0.3 is 9.47 Å². The molecule has 7 heteroatoms. The summed E-state index contributed by atoms with van der Waals surface area (Å²) in [5, 5.41) is 5.62. The van der Waals surface area contributed by atoms with Crippen molar-refractivity contribution < 1.29 is 9.47 Å². The first kappa shape index (κ1) is 11.0. The second-order valence-corrected chi connectivity index (χ2v) is 4.09. The second-order valence-electron chi connectivity index (χ2n) is 4.09. The van der Waals surface area contributed by atoms with Gasteiger partial charge in [-0.3, -0.25) is 14.2 Å². The van der Waals surface area contributed by atoms with Crippen LogP contribution >= 0.6 is 0 Å². The summed E-state index contributed by atoms with van der Waals surface area (Å²) in [6.45, 7) is 4.25. The van der Waals surface area contributed by atoms with Crippen molar-refractivity contribution in [2.24, 2.45) is 0 Å². The van der Waals surface area contributed by atoms with Crippen molar-refractivity contribution in [1.82, 2.24) is 14.8 Å². The van der Waals surface area contributed by atoms with Crippen molar-refractivity contribution in [3.8, 4) is 0 Å². The first-order valence-corrected chi connectivity index (χ1v) is 4.94. The zero-order valence-corrected chi connectivity index (χ0v) is 9.10. The molecular formula is C9H13N3O4. The molecule has 1 atom stereocenters. The average molecular weight is 227 g/mol. The predicted octanol–water partition coefficient (Wildman–Crippen LogP) is -0.917. The molecule has 0 saturated carbocycles. The van der Waals surface area contributed by atoms with Gasteiger partial charge in [0.05, 0.1) is 13.2 Å². The van der Waals surface area contributed by atoms with Gasteiger partial charge in [-0.25, -0.2) is 5.10 Å². The summed E-state index contributed by atoms with van der Waals surface area (Å²) in [4.78, 5) is 22.4. The monoisotopic (exact) mass is 227 g/mol. The van der Waals surface area contributed by atoms with Crippen LogP contribution in [-0.4, -0.2) is 33.3 Å². The Bertz CT molecular complexity index is 490. The van der Waals surface area contributed by atoms with Crippen LogP contribution in [0.5, 0.6) is 0 Å². The molecule has 16 heavy (non-hydrogen) atoms. The van der Waals surface area contributed by atoms with Crippen LogP contribution in [-0.2, 0) is 16.0 Å². The Morgan fingerprint density at radius 1 is 1.62 bits per heavy atom. The molecule has 1 aromatic rings. The van der Waals surface area contributed by atoms with E-state index in [4.69, 9.17) is 9.47 Å². The number of hydrogen-bond acceptors (Lipinski definition) is 5. The number of nitrogens with one attached hydrogen (secondary N) is 1. The molecular weight excluding hydrogens is 214 g/mol. The van der Waals surface area contributed by atoms with E-state index in [0.29, 0.717) is 6.61 Å². The van der Waals surface area contributed by atoms with E-state index in [1.807, 2.05) is 0 Å². The Labute approximate surface area is 91.0 Å². The van der Waals surface area contributed by atoms with E-state index in [1.54, 1.807) is 13.8 Å². The Hall–Kier alpha value is -1.47. The van der Waals surface area contributed by atoms with Gasteiger partial charge in [0, 0.05) is 0 Å². The maximum absolute atomic E-state index is 11.4. The molecule has 1 aliphatic rings. The summed E-state index contributed by atoms with van der Waals surface area (Å²) in [6, 6.07) is 0. The fourth-order valence-corrected chi connectivity index (χ4v) is 1.59. The Kier molecular flexibility index (Phi) is 2.64. The maximum Gasteiger partial charge on any atom is 0.330 e. The van der Waals surface area contributed by atoms with Gasteiger partial charge in [0.2, 0.25) is 0 Å². The quantitative estimate of drug-likeness (QED) is 0.660. The Morgan fingerprint density at radius 2 is 2.38 bits per heavy atom. The molecule has 2 rings (SSSR count). The number of H-pyrrole nitrogens is 1. The Balaban J connectivity index is 2.14. The van der Waals surface area contributed by atoms with Crippen molar-refractivity contribution >= 4 is 0 Å². The summed E-state index contributed by atoms with van der Waals surface area (Å²) in [6.07, 6.45) is 1.04. The standard InChI is InChI=1S/C9H13N3O4/c1-9(2)15-4-6(16-9)3-12-5-10-11-7(13)8(12)14/h5-6H,3-4H2,1-2H3,(H,11,13). The van der Waals surface area contributed by atoms with Crippen LogP contribution in [0.2, 0.25) is 0 Å². The number of aromatic amines is 1. The topological polar surface area (TPSA) is 86.2 Å². The molecule has 1 fully saturated rings. The van der Waals surface area contributed by atoms with Crippen molar-refractivity contribution in [2.45, 2.75) is 32.3 Å². The van der Waals surface area contributed by atoms with E-state index in [1.165, 1.54) is 10.9 Å². The fourth-order valence-electron chi connectivity index (χ4n) is 1.59. The lowest BCUT2D eigenvalue weighted by Gasteiger charge is -2.17. The highest BCUT2D eigenvalue weighted by Gasteiger charge is 2.32. The van der Waals surface area contributed by atoms with E-state index in [0.717, 1.165) is 0 Å². The van der Waals surface area contributed by atoms with Crippen molar-refractivity contribution in [2.75, 3.05) is 6.61 Å². The summed E-state index contributed by atoms with van der Waals surface area (Å²) < 4.78 is 12.1. The molecule has 0 radical (unpaired) electrons. The van der Waals surface area contributed by atoms with E-state index >= 15 is 0 Å². The van der Waals surface area contributed by atoms with Gasteiger partial charge >= 0.3 is 11.1 Å². The molecule has 0 spiro atoms. The lowest BCUT2D eigenvalue weighted by molar-refractivity contribution is -0.139. The molecule has 1 aromatic heterocycles. The predicted molar refractivity (Wildman–Crippen MR) is 54.0 cm³/mol. The van der Waals surface area contributed by atoms with Crippen LogP contribution in [0.1, 0.15) is 13.8 Å². The normalized spacial score (nSPS) is 23.5. The molecule has 7 nitrogen and oxygen atoms in total. The third-order valence-corrected chi connectivity index (χ3v) is 2.29. The second kappa shape index (κ2) is 3.84. The minimum absolute atomic E-state index is 0.240. The molecule has 1 aliphatic heterocycles. The summed E-state index contributed by atoms with van der Waals surface area (Å²) in [7, 11) is 0. The van der Waals surface area contributed by atoms with Crippen molar-refractivity contribution in [3.63, 3.8) is 0 Å². The van der Waals surface area contributed by atoms with Gasteiger partial charge in [0.25, 0.3) is 0 Å². The summed E-state index contributed by atoms with van der Waals surface area (Å²) in [5.74, 6) is -0.636. The highest BCUT2D eigenvalue weighted by molar-refractivity contribution is 4.78. The lowest BCUT2D eigenvalue weighted by Crippen LogP contribution is -2.39. The van der Waals surface area contributed by atoms with Crippen LogP contribution in [0.15, 0.2) is 15.9 Å². The highest BCUT2D eigenvalue weighted by atomic mass is 16.7. The number of nitrogens with zero attached hydrogens (tertiary/aromatic N) is 2. The smallest absolute Gasteiger partial charge is 0.330 e. The number of rotatable bonds is 2. The summed E-state index contributed by atoms with van der Waals surface area (Å²) >= 11 is 0. The summed E-state index contributed by atoms with van der Waals surface area (Å²) in [5.41, 5.74) is -1.37. The van der Waals surface area contributed by atoms with E-state index in [-0.39, 0.29) is 12.6 Å². The van der Waals surface area contributed by atoms with Crippen LogP contribution in [0.3, 0.4) is 0 Å². The van der Waals surface area contributed by atoms with Gasteiger partial charge in [-0.1, -0.05) is 0 Å². The molecule has 1 saturated heterocycles. The third kappa shape index (κ3) is 2.20. The lowest BCUT2D eigenvalue weighted by atomic mass is 10.3. The molecule has 1 N–H and O–H groups in total. The molecule has 1 unspecified atom stereocenters. The zero-order valence-electron chi connectivity index (χ0n) is 9.10. The maximum atomic E-state index is 11.4. The third-order valence-electron chi connectivity index (χ3n) is 2.29. The number of hydrogen-bond donors (Lipinski definition) is 1. The molecule has 2 heterocycles. The van der Waals surface area contributed by atoms with Crippen LogP contribution in [0.25, 0.3) is 0 Å². The Morgan fingerprint density at radius 3 is 3.00 bits per heavy atom. The first-order chi connectivity index (χ1) is 7.48. The minimum atomic E-state index is -0.735. The minimum Gasteiger partial charge on any atom is -0.348 e. The largest absolute Gasteiger partial charge is 0.348 e. The van der Waals surface area contributed by atoms with Crippen LogP contribution in [0, 0.1) is 0 Å². The van der Waals surface area contributed by atoms with Gasteiger partial charge in [0.1, 0.15) is 12.4 Å². The van der Waals surface area contributed by atoms with Crippen molar-refractivity contribution in [1.29, 1.82) is 0 Å². The SMILES string of the molecule is CC1(C)OCC(Cn2cn[nH]c(=O)c2=O)O1. The molecule has 88 valence electrons. The van der Waals surface area contributed by atoms with E-state index in [2.05, 4.69) is 10.2 Å².